The van der Waals surface area contributed by atoms with Crippen LogP contribution < -0.4 is 9.47 Å². The van der Waals surface area contributed by atoms with E-state index >= 15 is 0 Å². The standard InChI is InChI=1S/C18H20O6/c1-7-6-10-12(9(3)24-7)16(21)13-11(15(10)20)8(2)14(19)18(23-5)17(13)22-4/h7,9,19H,6H2,1-5H3/t7-,9+/m0/s1. The van der Waals surface area contributed by atoms with Gasteiger partial charge < -0.3 is 19.3 Å². The SMILES string of the molecule is COc1c(O)c(C)c2c(c1OC)C(=O)C1=C(C[C@H](C)O[C@@H]1C)C2=O. The zero-order valence-electron chi connectivity index (χ0n) is 14.4. The van der Waals surface area contributed by atoms with E-state index in [4.69, 9.17) is 14.2 Å². The Labute approximate surface area is 140 Å². The summed E-state index contributed by atoms with van der Waals surface area (Å²) in [5.41, 5.74) is 1.48. The van der Waals surface area contributed by atoms with E-state index < -0.39 is 6.10 Å². The van der Waals surface area contributed by atoms with Crippen molar-refractivity contribution < 1.29 is 28.9 Å². The number of benzene rings is 1. The van der Waals surface area contributed by atoms with Crippen molar-refractivity contribution in [3.63, 3.8) is 0 Å². The number of hydrogen-bond donors (Lipinski definition) is 1. The Hall–Kier alpha value is -2.34. The molecule has 1 aromatic rings. The van der Waals surface area contributed by atoms with E-state index in [2.05, 4.69) is 0 Å². The van der Waals surface area contributed by atoms with Gasteiger partial charge >= 0.3 is 0 Å². The molecule has 1 aliphatic carbocycles. The molecular formula is C18H20O6. The first-order valence-electron chi connectivity index (χ1n) is 7.78. The Morgan fingerprint density at radius 1 is 1.04 bits per heavy atom. The summed E-state index contributed by atoms with van der Waals surface area (Å²) in [7, 11) is 2.74. The second-order valence-electron chi connectivity index (χ2n) is 6.13. The molecule has 0 fully saturated rings. The molecule has 0 saturated carbocycles. The van der Waals surface area contributed by atoms with Crippen LogP contribution in [-0.2, 0) is 4.74 Å². The van der Waals surface area contributed by atoms with E-state index in [9.17, 15) is 14.7 Å². The van der Waals surface area contributed by atoms with Crippen molar-refractivity contribution in [2.24, 2.45) is 0 Å². The van der Waals surface area contributed by atoms with Crippen LogP contribution >= 0.6 is 0 Å². The van der Waals surface area contributed by atoms with Gasteiger partial charge in [-0.2, -0.15) is 0 Å². The highest BCUT2D eigenvalue weighted by molar-refractivity contribution is 6.29. The average molecular weight is 332 g/mol. The predicted molar refractivity (Wildman–Crippen MR) is 86.3 cm³/mol. The van der Waals surface area contributed by atoms with E-state index in [0.717, 1.165) is 0 Å². The van der Waals surface area contributed by atoms with Crippen LogP contribution in [0.5, 0.6) is 17.2 Å². The maximum atomic E-state index is 13.1. The number of Topliss-reactive ketones (excluding diaryl/α,β-unsaturated/α-hetero) is 2. The number of ketones is 2. The highest BCUT2D eigenvalue weighted by Crippen LogP contribution is 2.49. The van der Waals surface area contributed by atoms with Crippen LogP contribution in [-0.4, -0.2) is 43.1 Å². The largest absolute Gasteiger partial charge is 0.504 e. The van der Waals surface area contributed by atoms with Gasteiger partial charge in [-0.05, 0) is 20.8 Å². The minimum atomic E-state index is -0.474. The molecule has 0 bridgehead atoms. The fraction of sp³-hybridized carbons (Fsp3) is 0.444. The van der Waals surface area contributed by atoms with Crippen LogP contribution in [0.4, 0.5) is 0 Å². The second-order valence-corrected chi connectivity index (χ2v) is 6.13. The Morgan fingerprint density at radius 3 is 2.25 bits per heavy atom. The second kappa shape index (κ2) is 5.63. The smallest absolute Gasteiger partial charge is 0.204 e. The van der Waals surface area contributed by atoms with Crippen molar-refractivity contribution in [3.05, 3.63) is 27.8 Å². The van der Waals surface area contributed by atoms with Crippen molar-refractivity contribution in [1.29, 1.82) is 0 Å². The third-order valence-electron chi connectivity index (χ3n) is 4.67. The van der Waals surface area contributed by atoms with Crippen LogP contribution in [0.3, 0.4) is 0 Å². The van der Waals surface area contributed by atoms with Gasteiger partial charge in [-0.3, -0.25) is 9.59 Å². The summed E-state index contributed by atoms with van der Waals surface area (Å²) in [5.74, 6) is -0.623. The molecule has 2 atom stereocenters. The molecule has 1 aromatic carbocycles. The lowest BCUT2D eigenvalue weighted by Gasteiger charge is -2.34. The van der Waals surface area contributed by atoms with Gasteiger partial charge in [0.15, 0.2) is 23.1 Å². The zero-order chi connectivity index (χ0) is 17.8. The van der Waals surface area contributed by atoms with Gasteiger partial charge in [0.2, 0.25) is 5.75 Å². The first-order chi connectivity index (χ1) is 11.3. The Bertz CT molecular complexity index is 789. The molecule has 1 N–H and O–H groups in total. The molecule has 1 heterocycles. The molecule has 128 valence electrons. The van der Waals surface area contributed by atoms with Crippen LogP contribution in [0.2, 0.25) is 0 Å². The maximum Gasteiger partial charge on any atom is 0.204 e. The molecule has 3 rings (SSSR count). The molecular weight excluding hydrogens is 312 g/mol. The predicted octanol–water partition coefficient (Wildman–Crippen LogP) is 2.59. The van der Waals surface area contributed by atoms with Crippen LogP contribution in [0.25, 0.3) is 0 Å². The fourth-order valence-corrected chi connectivity index (χ4v) is 3.63. The molecule has 2 aliphatic rings. The first kappa shape index (κ1) is 16.5. The fourth-order valence-electron chi connectivity index (χ4n) is 3.63. The lowest BCUT2D eigenvalue weighted by molar-refractivity contribution is 0.0148. The van der Waals surface area contributed by atoms with Gasteiger partial charge in [0.05, 0.1) is 32.0 Å². The molecule has 0 spiro atoms. The summed E-state index contributed by atoms with van der Waals surface area (Å²) < 4.78 is 16.2. The minimum absolute atomic E-state index is 0.0525. The monoisotopic (exact) mass is 332 g/mol. The Balaban J connectivity index is 2.36. The normalized spacial score (nSPS) is 23.0. The lowest BCUT2D eigenvalue weighted by atomic mass is 9.76. The number of methoxy groups -OCH3 is 2. The van der Waals surface area contributed by atoms with Crippen LogP contribution in [0.1, 0.15) is 46.5 Å². The molecule has 0 saturated heterocycles. The average Bonchev–Trinajstić information content (AvgIpc) is 2.53. The van der Waals surface area contributed by atoms with E-state index in [1.54, 1.807) is 13.8 Å². The lowest BCUT2D eigenvalue weighted by Crippen LogP contribution is -2.37. The Morgan fingerprint density at radius 2 is 1.67 bits per heavy atom. The van der Waals surface area contributed by atoms with E-state index in [-0.39, 0.29) is 46.0 Å². The van der Waals surface area contributed by atoms with Crippen molar-refractivity contribution in [1.82, 2.24) is 0 Å². The van der Waals surface area contributed by atoms with Crippen molar-refractivity contribution in [2.75, 3.05) is 14.2 Å². The summed E-state index contributed by atoms with van der Waals surface area (Å²) >= 11 is 0. The molecule has 1 aliphatic heterocycles. The number of hydrogen-bond acceptors (Lipinski definition) is 6. The maximum absolute atomic E-state index is 13.1. The number of phenolic OH excluding ortho intramolecular Hbond substituents is 1. The summed E-state index contributed by atoms with van der Waals surface area (Å²) in [5, 5.41) is 10.4. The van der Waals surface area contributed by atoms with Gasteiger partial charge in [0.25, 0.3) is 0 Å². The highest BCUT2D eigenvalue weighted by Gasteiger charge is 2.43. The third kappa shape index (κ3) is 2.06. The molecule has 6 heteroatoms. The molecule has 0 radical (unpaired) electrons. The van der Waals surface area contributed by atoms with Crippen LogP contribution in [0, 0.1) is 6.92 Å². The summed E-state index contributed by atoms with van der Waals surface area (Å²) in [4.78, 5) is 26.2. The minimum Gasteiger partial charge on any atom is -0.504 e. The number of phenols is 1. The van der Waals surface area contributed by atoms with Crippen molar-refractivity contribution in [2.45, 2.75) is 39.4 Å². The Kier molecular flexibility index (Phi) is 3.87. The van der Waals surface area contributed by atoms with E-state index in [1.165, 1.54) is 14.2 Å². The van der Waals surface area contributed by atoms with E-state index in [0.29, 0.717) is 23.1 Å². The van der Waals surface area contributed by atoms with Gasteiger partial charge in [0, 0.05) is 28.7 Å². The van der Waals surface area contributed by atoms with Crippen LogP contribution in [0.15, 0.2) is 11.1 Å². The number of ether oxygens (including phenoxy) is 3. The zero-order valence-corrected chi connectivity index (χ0v) is 14.4. The number of carbonyl (C=O) groups is 2. The number of aromatic hydroxyl groups is 1. The van der Waals surface area contributed by atoms with Gasteiger partial charge in [-0.25, -0.2) is 0 Å². The third-order valence-corrected chi connectivity index (χ3v) is 4.67. The van der Waals surface area contributed by atoms with Crippen molar-refractivity contribution >= 4 is 11.6 Å². The number of fused-ring (bicyclic) bond motifs is 1. The summed E-state index contributed by atoms with van der Waals surface area (Å²) in [6.07, 6.45) is -0.248. The topological polar surface area (TPSA) is 82.1 Å². The molecule has 6 nitrogen and oxygen atoms in total. The molecule has 0 amide bonds. The van der Waals surface area contributed by atoms with E-state index in [1.807, 2.05) is 6.92 Å². The first-order valence-corrected chi connectivity index (χ1v) is 7.78. The highest BCUT2D eigenvalue weighted by atomic mass is 16.5. The summed E-state index contributed by atoms with van der Waals surface area (Å²) in [6, 6.07) is 0. The van der Waals surface area contributed by atoms with Gasteiger partial charge in [-0.15, -0.1) is 0 Å². The molecule has 0 unspecified atom stereocenters. The van der Waals surface area contributed by atoms with Crippen molar-refractivity contribution in [3.8, 4) is 17.2 Å². The molecule has 24 heavy (non-hydrogen) atoms. The van der Waals surface area contributed by atoms with Gasteiger partial charge in [0.1, 0.15) is 0 Å². The number of carbonyl (C=O) groups excluding carboxylic acids is 2. The number of rotatable bonds is 2. The summed E-state index contributed by atoms with van der Waals surface area (Å²) in [6.45, 7) is 5.23. The quantitative estimate of drug-likeness (QED) is 0.896. The molecule has 0 aromatic heterocycles. The van der Waals surface area contributed by atoms with Gasteiger partial charge in [-0.1, -0.05) is 0 Å².